The molecule has 1 amide bonds. The van der Waals surface area contributed by atoms with Gasteiger partial charge in [-0.05, 0) is 55.8 Å². The van der Waals surface area contributed by atoms with Crippen molar-refractivity contribution in [2.75, 3.05) is 32.1 Å². The molecule has 0 bridgehead atoms. The van der Waals surface area contributed by atoms with Crippen molar-refractivity contribution < 1.29 is 9.53 Å². The van der Waals surface area contributed by atoms with E-state index in [2.05, 4.69) is 34.1 Å². The number of hydrogen-bond donors (Lipinski definition) is 0. The molecule has 0 spiro atoms. The van der Waals surface area contributed by atoms with E-state index in [1.807, 2.05) is 62.5 Å². The second kappa shape index (κ2) is 9.56. The van der Waals surface area contributed by atoms with Gasteiger partial charge in [-0.3, -0.25) is 4.79 Å². The SMILES string of the molecule is CCOc1ccc(-c2nc(C(=O)N(CC)Cc3ccc(N(C)C)cc3)cs2)cc1. The highest BCUT2D eigenvalue weighted by atomic mass is 32.1. The summed E-state index contributed by atoms with van der Waals surface area (Å²) in [6, 6.07) is 16.1. The van der Waals surface area contributed by atoms with Crippen LogP contribution in [0.1, 0.15) is 29.9 Å². The largest absolute Gasteiger partial charge is 0.494 e. The first kappa shape index (κ1) is 20.9. The van der Waals surface area contributed by atoms with Gasteiger partial charge < -0.3 is 14.5 Å². The fraction of sp³-hybridized carbons (Fsp3) is 0.304. The van der Waals surface area contributed by atoms with Crippen molar-refractivity contribution in [3.63, 3.8) is 0 Å². The lowest BCUT2D eigenvalue weighted by Gasteiger charge is -2.20. The fourth-order valence-corrected chi connectivity index (χ4v) is 3.77. The normalized spacial score (nSPS) is 10.6. The van der Waals surface area contributed by atoms with E-state index in [1.54, 1.807) is 0 Å². The molecule has 2 aromatic carbocycles. The van der Waals surface area contributed by atoms with Gasteiger partial charge in [0, 0.05) is 43.8 Å². The number of thiazole rings is 1. The summed E-state index contributed by atoms with van der Waals surface area (Å²) in [7, 11) is 4.03. The van der Waals surface area contributed by atoms with Crippen LogP contribution in [0.2, 0.25) is 0 Å². The average molecular weight is 410 g/mol. The Kier molecular flexibility index (Phi) is 6.88. The van der Waals surface area contributed by atoms with E-state index in [1.165, 1.54) is 11.3 Å². The van der Waals surface area contributed by atoms with Crippen LogP contribution in [0.25, 0.3) is 10.6 Å². The molecule has 3 rings (SSSR count). The second-order valence-electron chi connectivity index (χ2n) is 6.88. The minimum Gasteiger partial charge on any atom is -0.494 e. The maximum Gasteiger partial charge on any atom is 0.273 e. The number of anilines is 1. The van der Waals surface area contributed by atoms with Crippen LogP contribution in [0.4, 0.5) is 5.69 Å². The van der Waals surface area contributed by atoms with Gasteiger partial charge in [0.1, 0.15) is 16.5 Å². The molecule has 0 aliphatic heterocycles. The molecular formula is C23H27N3O2S. The maximum atomic E-state index is 13.0. The lowest BCUT2D eigenvalue weighted by atomic mass is 10.2. The number of nitrogens with zero attached hydrogens (tertiary/aromatic N) is 3. The average Bonchev–Trinajstić information content (AvgIpc) is 3.23. The minimum absolute atomic E-state index is 0.0439. The summed E-state index contributed by atoms with van der Waals surface area (Å²) in [6.07, 6.45) is 0. The van der Waals surface area contributed by atoms with Crippen molar-refractivity contribution in [1.82, 2.24) is 9.88 Å². The Labute approximate surface area is 176 Å². The zero-order valence-corrected chi connectivity index (χ0v) is 18.2. The molecule has 0 radical (unpaired) electrons. The first-order chi connectivity index (χ1) is 14.0. The predicted octanol–water partition coefficient (Wildman–Crippen LogP) is 4.94. The Morgan fingerprint density at radius 3 is 2.31 bits per heavy atom. The highest BCUT2D eigenvalue weighted by Crippen LogP contribution is 2.26. The molecule has 0 fully saturated rings. The molecule has 0 N–H and O–H groups in total. The summed E-state index contributed by atoms with van der Waals surface area (Å²) in [5, 5.41) is 2.68. The van der Waals surface area contributed by atoms with Gasteiger partial charge in [-0.2, -0.15) is 0 Å². The lowest BCUT2D eigenvalue weighted by molar-refractivity contribution is 0.0747. The molecule has 6 heteroatoms. The maximum absolute atomic E-state index is 13.0. The molecule has 152 valence electrons. The van der Waals surface area contributed by atoms with Crippen molar-refractivity contribution >= 4 is 22.9 Å². The lowest BCUT2D eigenvalue weighted by Crippen LogP contribution is -2.30. The van der Waals surface area contributed by atoms with Gasteiger partial charge in [0.05, 0.1) is 6.61 Å². The molecule has 3 aromatic rings. The smallest absolute Gasteiger partial charge is 0.273 e. The van der Waals surface area contributed by atoms with Crippen LogP contribution >= 0.6 is 11.3 Å². The molecule has 5 nitrogen and oxygen atoms in total. The number of carbonyl (C=O) groups excluding carboxylic acids is 1. The molecule has 29 heavy (non-hydrogen) atoms. The van der Waals surface area contributed by atoms with E-state index in [9.17, 15) is 4.79 Å². The molecule has 1 heterocycles. The van der Waals surface area contributed by atoms with Crippen LogP contribution in [0.5, 0.6) is 5.75 Å². The van der Waals surface area contributed by atoms with E-state index >= 15 is 0 Å². The Hall–Kier alpha value is -2.86. The Bertz CT molecular complexity index is 934. The molecule has 1 aromatic heterocycles. The van der Waals surface area contributed by atoms with Crippen molar-refractivity contribution in [2.24, 2.45) is 0 Å². The zero-order valence-electron chi connectivity index (χ0n) is 17.4. The summed E-state index contributed by atoms with van der Waals surface area (Å²) in [5.74, 6) is 0.791. The van der Waals surface area contributed by atoms with Crippen molar-refractivity contribution in [3.8, 4) is 16.3 Å². The first-order valence-corrected chi connectivity index (χ1v) is 10.6. The van der Waals surface area contributed by atoms with Gasteiger partial charge in [0.15, 0.2) is 0 Å². The van der Waals surface area contributed by atoms with E-state index in [0.29, 0.717) is 25.4 Å². The van der Waals surface area contributed by atoms with Gasteiger partial charge in [-0.15, -0.1) is 11.3 Å². The topological polar surface area (TPSA) is 45.7 Å². The standard InChI is InChI=1S/C23H27N3O2S/c1-5-26(15-17-7-11-19(12-8-17)25(3)4)23(27)21-16-29-22(24-21)18-9-13-20(14-10-18)28-6-2/h7-14,16H,5-6,15H2,1-4H3. The quantitative estimate of drug-likeness (QED) is 0.529. The van der Waals surface area contributed by atoms with Crippen LogP contribution in [0.3, 0.4) is 0 Å². The summed E-state index contributed by atoms with van der Waals surface area (Å²) in [4.78, 5) is 21.4. The highest BCUT2D eigenvalue weighted by molar-refractivity contribution is 7.13. The third-order valence-electron chi connectivity index (χ3n) is 4.63. The van der Waals surface area contributed by atoms with Gasteiger partial charge in [0.2, 0.25) is 0 Å². The van der Waals surface area contributed by atoms with E-state index in [4.69, 9.17) is 4.74 Å². The Morgan fingerprint density at radius 2 is 1.72 bits per heavy atom. The van der Waals surface area contributed by atoms with E-state index in [0.717, 1.165) is 27.6 Å². The predicted molar refractivity (Wildman–Crippen MR) is 120 cm³/mol. The van der Waals surface area contributed by atoms with Gasteiger partial charge >= 0.3 is 0 Å². The Balaban J connectivity index is 1.71. The Morgan fingerprint density at radius 1 is 1.03 bits per heavy atom. The zero-order chi connectivity index (χ0) is 20.8. The molecule has 0 unspecified atom stereocenters. The molecule has 0 aliphatic carbocycles. The van der Waals surface area contributed by atoms with Crippen molar-refractivity contribution in [3.05, 3.63) is 65.2 Å². The summed E-state index contributed by atoms with van der Waals surface area (Å²) in [5.41, 5.74) is 3.72. The molecule has 0 aliphatic rings. The summed E-state index contributed by atoms with van der Waals surface area (Å²) < 4.78 is 5.48. The van der Waals surface area contributed by atoms with Crippen molar-refractivity contribution in [1.29, 1.82) is 0 Å². The number of rotatable bonds is 8. The van der Waals surface area contributed by atoms with Crippen LogP contribution in [-0.4, -0.2) is 43.0 Å². The van der Waals surface area contributed by atoms with Gasteiger partial charge in [0.25, 0.3) is 5.91 Å². The van der Waals surface area contributed by atoms with E-state index in [-0.39, 0.29) is 5.91 Å². The molecule has 0 saturated heterocycles. The number of carbonyl (C=O) groups is 1. The first-order valence-electron chi connectivity index (χ1n) is 9.76. The monoisotopic (exact) mass is 409 g/mol. The third kappa shape index (κ3) is 5.15. The van der Waals surface area contributed by atoms with Crippen LogP contribution in [0, 0.1) is 0 Å². The number of benzene rings is 2. The fourth-order valence-electron chi connectivity index (χ4n) is 2.97. The van der Waals surface area contributed by atoms with E-state index < -0.39 is 0 Å². The number of ether oxygens (including phenoxy) is 1. The molecule has 0 atom stereocenters. The van der Waals surface area contributed by atoms with Crippen LogP contribution < -0.4 is 9.64 Å². The minimum atomic E-state index is -0.0439. The summed E-state index contributed by atoms with van der Waals surface area (Å²) >= 11 is 1.48. The summed E-state index contributed by atoms with van der Waals surface area (Å²) in [6.45, 7) is 5.79. The van der Waals surface area contributed by atoms with Crippen molar-refractivity contribution in [2.45, 2.75) is 20.4 Å². The number of hydrogen-bond acceptors (Lipinski definition) is 5. The number of amides is 1. The highest BCUT2D eigenvalue weighted by Gasteiger charge is 2.18. The van der Waals surface area contributed by atoms with Crippen LogP contribution in [-0.2, 0) is 6.54 Å². The second-order valence-corrected chi connectivity index (χ2v) is 7.73. The molecule has 0 saturated carbocycles. The van der Waals surface area contributed by atoms with Gasteiger partial charge in [-0.1, -0.05) is 12.1 Å². The molecular weight excluding hydrogens is 382 g/mol. The number of aromatic nitrogens is 1. The van der Waals surface area contributed by atoms with Gasteiger partial charge in [-0.25, -0.2) is 4.98 Å². The van der Waals surface area contributed by atoms with Crippen LogP contribution in [0.15, 0.2) is 53.9 Å². The third-order valence-corrected chi connectivity index (χ3v) is 5.52.